The van der Waals surface area contributed by atoms with Crippen molar-refractivity contribution in [3.05, 3.63) is 42.7 Å². The highest BCUT2D eigenvalue weighted by atomic mass is 16.1. The molecule has 0 aliphatic heterocycles. The van der Waals surface area contributed by atoms with Crippen molar-refractivity contribution < 1.29 is 4.79 Å². The Morgan fingerprint density at radius 3 is 2.45 bits per heavy atom. The largest absolute Gasteiger partial charge is 0.369 e. The molecule has 31 heavy (non-hydrogen) atoms. The molecule has 166 valence electrons. The molecule has 2 aromatic heterocycles. The van der Waals surface area contributed by atoms with Gasteiger partial charge in [0.25, 0.3) is 0 Å². The third-order valence-corrected chi connectivity index (χ3v) is 4.91. The fraction of sp³-hybridized carbons (Fsp3) is 0.435. The van der Waals surface area contributed by atoms with E-state index in [0.29, 0.717) is 17.9 Å². The van der Waals surface area contributed by atoms with Gasteiger partial charge in [0.15, 0.2) is 5.65 Å². The second kappa shape index (κ2) is 10.9. The minimum Gasteiger partial charge on any atom is -0.369 e. The molecule has 3 rings (SSSR count). The second-order valence-electron chi connectivity index (χ2n) is 8.21. The van der Waals surface area contributed by atoms with Crippen LogP contribution in [0.25, 0.3) is 16.9 Å². The Balaban J connectivity index is 1.85. The molecule has 0 radical (unpaired) electrons. The number of amides is 1. The van der Waals surface area contributed by atoms with Crippen LogP contribution in [0, 0.1) is 0 Å². The lowest BCUT2D eigenvalue weighted by atomic mass is 10.1. The standard InChI is InChI=1S/C23H33N7O/c1-28(2)14-8-12-21(31)27-23-22(18-10-6-5-7-11-18)26-20-16-25-19(17-30(20)23)24-13-9-15-29(3)4/h5-7,10-11,16-17,24H,8-9,12-15H2,1-4H3,(H,27,31). The van der Waals surface area contributed by atoms with E-state index in [0.717, 1.165) is 49.6 Å². The van der Waals surface area contributed by atoms with Gasteiger partial charge in [0.05, 0.1) is 12.4 Å². The third kappa shape index (κ3) is 6.50. The maximum absolute atomic E-state index is 12.7. The molecule has 0 aliphatic carbocycles. The Morgan fingerprint density at radius 1 is 1.03 bits per heavy atom. The molecule has 8 heteroatoms. The smallest absolute Gasteiger partial charge is 0.225 e. The van der Waals surface area contributed by atoms with Crippen LogP contribution in [0.1, 0.15) is 19.3 Å². The molecule has 3 aromatic rings. The van der Waals surface area contributed by atoms with Gasteiger partial charge in [-0.1, -0.05) is 30.3 Å². The van der Waals surface area contributed by atoms with Crippen molar-refractivity contribution in [3.8, 4) is 11.3 Å². The molecule has 0 spiro atoms. The van der Waals surface area contributed by atoms with Gasteiger partial charge in [-0.05, 0) is 54.1 Å². The summed E-state index contributed by atoms with van der Waals surface area (Å²) in [5.41, 5.74) is 2.39. The highest BCUT2D eigenvalue weighted by molar-refractivity contribution is 5.94. The fourth-order valence-corrected chi connectivity index (χ4v) is 3.32. The Kier molecular flexibility index (Phi) is 7.97. The number of anilines is 2. The molecule has 0 atom stereocenters. The van der Waals surface area contributed by atoms with Crippen LogP contribution in [-0.4, -0.2) is 77.9 Å². The first-order chi connectivity index (χ1) is 14.9. The Labute approximate surface area is 184 Å². The van der Waals surface area contributed by atoms with Crippen LogP contribution in [0.2, 0.25) is 0 Å². The van der Waals surface area contributed by atoms with Crippen molar-refractivity contribution in [2.45, 2.75) is 19.3 Å². The number of carbonyl (C=O) groups is 1. The van der Waals surface area contributed by atoms with Crippen LogP contribution >= 0.6 is 0 Å². The van der Waals surface area contributed by atoms with Gasteiger partial charge in [0.2, 0.25) is 5.91 Å². The van der Waals surface area contributed by atoms with Crippen molar-refractivity contribution in [1.29, 1.82) is 0 Å². The molecule has 0 aliphatic rings. The second-order valence-corrected chi connectivity index (χ2v) is 8.21. The van der Waals surface area contributed by atoms with Crippen LogP contribution in [0.3, 0.4) is 0 Å². The summed E-state index contributed by atoms with van der Waals surface area (Å²) >= 11 is 0. The summed E-state index contributed by atoms with van der Waals surface area (Å²) in [7, 11) is 8.15. The van der Waals surface area contributed by atoms with Gasteiger partial charge in [-0.15, -0.1) is 0 Å². The number of benzene rings is 1. The zero-order chi connectivity index (χ0) is 22.2. The quantitative estimate of drug-likeness (QED) is 0.462. The number of hydrogen-bond acceptors (Lipinski definition) is 6. The first-order valence-corrected chi connectivity index (χ1v) is 10.7. The number of nitrogens with zero attached hydrogens (tertiary/aromatic N) is 5. The number of fused-ring (bicyclic) bond motifs is 1. The molecule has 0 fully saturated rings. The van der Waals surface area contributed by atoms with Crippen LogP contribution in [0.15, 0.2) is 42.7 Å². The highest BCUT2D eigenvalue weighted by Crippen LogP contribution is 2.29. The van der Waals surface area contributed by atoms with E-state index in [1.54, 1.807) is 6.20 Å². The van der Waals surface area contributed by atoms with E-state index >= 15 is 0 Å². The number of imidazole rings is 1. The molecule has 0 bridgehead atoms. The van der Waals surface area contributed by atoms with E-state index in [1.165, 1.54) is 0 Å². The molecule has 2 N–H and O–H groups in total. The topological polar surface area (TPSA) is 77.8 Å². The number of aromatic nitrogens is 3. The predicted molar refractivity (Wildman–Crippen MR) is 127 cm³/mol. The van der Waals surface area contributed by atoms with Crippen molar-refractivity contribution in [2.24, 2.45) is 0 Å². The van der Waals surface area contributed by atoms with Gasteiger partial charge in [0.1, 0.15) is 17.3 Å². The van der Waals surface area contributed by atoms with Gasteiger partial charge in [0, 0.05) is 18.5 Å². The summed E-state index contributed by atoms with van der Waals surface area (Å²) in [6, 6.07) is 9.90. The molecular formula is C23H33N7O. The number of hydrogen-bond donors (Lipinski definition) is 2. The summed E-state index contributed by atoms with van der Waals surface area (Å²) < 4.78 is 1.91. The van der Waals surface area contributed by atoms with Gasteiger partial charge >= 0.3 is 0 Å². The average molecular weight is 424 g/mol. The first kappa shape index (κ1) is 22.7. The van der Waals surface area contributed by atoms with Crippen molar-refractivity contribution in [3.63, 3.8) is 0 Å². The number of carbonyl (C=O) groups excluding carboxylic acids is 1. The van der Waals surface area contributed by atoms with E-state index in [4.69, 9.17) is 4.98 Å². The summed E-state index contributed by atoms with van der Waals surface area (Å²) in [5.74, 6) is 1.42. The fourth-order valence-electron chi connectivity index (χ4n) is 3.32. The van der Waals surface area contributed by atoms with E-state index in [1.807, 2.05) is 55.0 Å². The molecule has 2 heterocycles. The van der Waals surface area contributed by atoms with Crippen molar-refractivity contribution >= 4 is 23.2 Å². The van der Waals surface area contributed by atoms with Crippen LogP contribution in [-0.2, 0) is 4.79 Å². The number of rotatable bonds is 11. The molecule has 0 unspecified atom stereocenters. The first-order valence-electron chi connectivity index (χ1n) is 10.7. The van der Waals surface area contributed by atoms with Gasteiger partial charge in [-0.25, -0.2) is 9.97 Å². The molecule has 1 aromatic carbocycles. The maximum atomic E-state index is 12.7. The molecule has 0 saturated carbocycles. The molecular weight excluding hydrogens is 390 g/mol. The van der Waals surface area contributed by atoms with Crippen molar-refractivity contribution in [1.82, 2.24) is 24.2 Å². The van der Waals surface area contributed by atoms with E-state index in [9.17, 15) is 4.79 Å². The lowest BCUT2D eigenvalue weighted by Crippen LogP contribution is -2.18. The minimum atomic E-state index is -0.0156. The third-order valence-electron chi connectivity index (χ3n) is 4.91. The van der Waals surface area contributed by atoms with Crippen LogP contribution < -0.4 is 10.6 Å². The van der Waals surface area contributed by atoms with Gasteiger partial charge in [-0.3, -0.25) is 9.20 Å². The summed E-state index contributed by atoms with van der Waals surface area (Å²) in [6.07, 6.45) is 5.92. The van der Waals surface area contributed by atoms with E-state index in [-0.39, 0.29) is 5.91 Å². The van der Waals surface area contributed by atoms with Crippen LogP contribution in [0.4, 0.5) is 11.6 Å². The average Bonchev–Trinajstić information content (AvgIpc) is 3.09. The lowest BCUT2D eigenvalue weighted by Gasteiger charge is -2.12. The normalized spacial score (nSPS) is 11.4. The molecule has 1 amide bonds. The SMILES string of the molecule is CN(C)CCCNc1cn2c(NC(=O)CCCN(C)C)c(-c3ccccc3)nc2cn1. The Hall–Kier alpha value is -2.97. The van der Waals surface area contributed by atoms with Crippen LogP contribution in [0.5, 0.6) is 0 Å². The highest BCUT2D eigenvalue weighted by Gasteiger charge is 2.17. The maximum Gasteiger partial charge on any atom is 0.225 e. The molecule has 8 nitrogen and oxygen atoms in total. The van der Waals surface area contributed by atoms with Gasteiger partial charge in [-0.2, -0.15) is 0 Å². The summed E-state index contributed by atoms with van der Waals surface area (Å²) in [5, 5.41) is 6.46. The summed E-state index contributed by atoms with van der Waals surface area (Å²) in [6.45, 7) is 2.70. The van der Waals surface area contributed by atoms with E-state index < -0.39 is 0 Å². The Bertz CT molecular complexity index is 982. The summed E-state index contributed by atoms with van der Waals surface area (Å²) in [4.78, 5) is 26.2. The monoisotopic (exact) mass is 423 g/mol. The minimum absolute atomic E-state index is 0.0156. The zero-order valence-electron chi connectivity index (χ0n) is 18.9. The number of nitrogens with one attached hydrogen (secondary N) is 2. The Morgan fingerprint density at radius 2 is 1.74 bits per heavy atom. The zero-order valence-corrected chi connectivity index (χ0v) is 18.9. The lowest BCUT2D eigenvalue weighted by molar-refractivity contribution is -0.116. The predicted octanol–water partition coefficient (Wildman–Crippen LogP) is 3.04. The van der Waals surface area contributed by atoms with E-state index in [2.05, 4.69) is 39.5 Å². The molecule has 0 saturated heterocycles. The van der Waals surface area contributed by atoms with Gasteiger partial charge < -0.3 is 20.4 Å². The van der Waals surface area contributed by atoms with Crippen molar-refractivity contribution in [2.75, 3.05) is 58.5 Å².